The van der Waals surface area contributed by atoms with Crippen molar-refractivity contribution < 1.29 is 93.0 Å². The van der Waals surface area contributed by atoms with E-state index in [1.807, 2.05) is 0 Å². The van der Waals surface area contributed by atoms with E-state index in [1.54, 1.807) is 0 Å². The first kappa shape index (κ1) is 19.1. The van der Waals surface area contributed by atoms with Gasteiger partial charge in [-0.2, -0.15) is 9.97 Å². The van der Waals surface area contributed by atoms with Gasteiger partial charge in [-0.3, -0.25) is 4.98 Å². The van der Waals surface area contributed by atoms with Crippen LogP contribution in [0.25, 0.3) is 0 Å². The minimum atomic E-state index is -0.583. The van der Waals surface area contributed by atoms with Gasteiger partial charge in [0, 0.05) is 0 Å². The largest absolute Gasteiger partial charge is 1.00 e. The van der Waals surface area contributed by atoms with Crippen molar-refractivity contribution in [2.45, 2.75) is 0 Å². The summed E-state index contributed by atoms with van der Waals surface area (Å²) in [5.41, 5.74) is 9.53. The molecule has 5 N–H and O–H groups in total. The van der Waals surface area contributed by atoms with Crippen LogP contribution in [0.5, 0.6) is 0 Å². The molecule has 0 spiro atoms. The summed E-state index contributed by atoms with van der Waals surface area (Å²) < 4.78 is 0. The molecule has 12 heavy (non-hydrogen) atoms. The quantitative estimate of drug-likeness (QED) is 0.359. The number of anilines is 2. The fourth-order valence-electron chi connectivity index (χ4n) is 0.418. The first-order valence-electron chi connectivity index (χ1n) is 2.18. The molecule has 54 valence electrons. The molecule has 0 aliphatic rings. The van der Waals surface area contributed by atoms with Gasteiger partial charge in [-0.1, -0.05) is 0 Å². The van der Waals surface area contributed by atoms with Crippen molar-refractivity contribution in [3.63, 3.8) is 0 Å². The Bertz CT molecular complexity index is 262. The Balaban J connectivity index is -0.0000000337. The van der Waals surface area contributed by atoms with Crippen molar-refractivity contribution in [1.29, 1.82) is 0 Å². The molecule has 0 unspecified atom stereocenters. The monoisotopic (exact) mass is 199 g/mol. The van der Waals surface area contributed by atoms with Gasteiger partial charge in [0.2, 0.25) is 11.9 Å². The molecule has 6 nitrogen and oxygen atoms in total. The van der Waals surface area contributed by atoms with Crippen LogP contribution in [0.1, 0.15) is 4.28 Å². The molecule has 0 saturated carbocycles. The zero-order chi connectivity index (χ0) is 6.85. The molecule has 0 bridgehead atoms. The fraction of sp³-hybridized carbons (Fsp3) is 0. The van der Waals surface area contributed by atoms with E-state index < -0.39 is 5.69 Å². The van der Waals surface area contributed by atoms with E-state index in [9.17, 15) is 4.79 Å². The number of nitrogen functional groups attached to an aromatic ring is 2. The van der Waals surface area contributed by atoms with E-state index in [-0.39, 0.29) is 105 Å². The molecular weight excluding hydrogens is 191 g/mol. The van der Waals surface area contributed by atoms with Gasteiger partial charge in [-0.05, 0) is 0 Å². The number of nitrogens with zero attached hydrogens (tertiary/aromatic N) is 2. The Morgan fingerprint density at radius 3 is 2.00 bits per heavy atom. The maximum atomic E-state index is 10.3. The normalized spacial score (nSPS) is 7.00. The minimum Gasteiger partial charge on any atom is -1.00 e. The molecule has 0 aliphatic heterocycles. The van der Waals surface area contributed by atoms with Gasteiger partial charge in [0.25, 0.3) is 0 Å². The van der Waals surface area contributed by atoms with E-state index in [2.05, 4.69) is 15.0 Å². The summed E-state index contributed by atoms with van der Waals surface area (Å²) in [7, 11) is 0. The Morgan fingerprint density at radius 1 is 1.17 bits per heavy atom. The summed E-state index contributed by atoms with van der Waals surface area (Å²) in [5.74, 6) is -0.135. The van der Waals surface area contributed by atoms with Crippen LogP contribution >= 0.6 is 0 Å². The van der Waals surface area contributed by atoms with Crippen LogP contribution in [0.15, 0.2) is 4.79 Å². The van der Waals surface area contributed by atoms with Crippen molar-refractivity contribution in [1.82, 2.24) is 15.0 Å². The topological polar surface area (TPSA) is 111 Å². The van der Waals surface area contributed by atoms with Crippen molar-refractivity contribution in [2.75, 3.05) is 11.5 Å². The van der Waals surface area contributed by atoms with Crippen molar-refractivity contribution in [2.24, 2.45) is 0 Å². The summed E-state index contributed by atoms with van der Waals surface area (Å²) in [5, 5.41) is 0. The van der Waals surface area contributed by atoms with Gasteiger partial charge in [0.05, 0.1) is 0 Å². The van der Waals surface area contributed by atoms with Gasteiger partial charge < -0.3 is 15.7 Å². The Labute approximate surface area is 140 Å². The van der Waals surface area contributed by atoms with E-state index in [4.69, 9.17) is 11.5 Å². The molecular formula is C3H8N5Na3O. The predicted molar refractivity (Wildman–Crippen MR) is 34.8 cm³/mol. The van der Waals surface area contributed by atoms with Crippen LogP contribution in [0.3, 0.4) is 0 Å². The molecule has 1 heterocycles. The number of H-pyrrole nitrogens is 1. The Kier molecular flexibility index (Phi) is 14.3. The third-order valence-corrected chi connectivity index (χ3v) is 0.686. The van der Waals surface area contributed by atoms with Crippen LogP contribution in [0.4, 0.5) is 11.9 Å². The minimum absolute atomic E-state index is 0. The predicted octanol–water partition coefficient (Wildman–Crippen LogP) is -10.3. The summed E-state index contributed by atoms with van der Waals surface area (Å²) >= 11 is 0. The average Bonchev–Trinajstić information content (AvgIpc) is 1.59. The number of hydrogen-bond acceptors (Lipinski definition) is 5. The van der Waals surface area contributed by atoms with Gasteiger partial charge in [-0.15, -0.1) is 0 Å². The third kappa shape index (κ3) is 6.88. The maximum absolute atomic E-state index is 10.3. The van der Waals surface area contributed by atoms with E-state index >= 15 is 0 Å². The zero-order valence-electron chi connectivity index (χ0n) is 10.5. The number of aromatic amines is 1. The van der Waals surface area contributed by atoms with Crippen molar-refractivity contribution in [3.05, 3.63) is 10.5 Å². The summed E-state index contributed by atoms with van der Waals surface area (Å²) in [4.78, 5) is 19.1. The van der Waals surface area contributed by atoms with Crippen LogP contribution in [0.2, 0.25) is 0 Å². The molecule has 0 fully saturated rings. The van der Waals surface area contributed by atoms with Gasteiger partial charge >= 0.3 is 94.4 Å². The van der Waals surface area contributed by atoms with E-state index in [0.29, 0.717) is 0 Å². The maximum Gasteiger partial charge on any atom is 1.00 e. The average molecular weight is 199 g/mol. The molecule has 0 radical (unpaired) electrons. The summed E-state index contributed by atoms with van der Waals surface area (Å²) in [6.45, 7) is 0. The zero-order valence-corrected chi connectivity index (χ0v) is 13.5. The third-order valence-electron chi connectivity index (χ3n) is 0.686. The molecule has 9 heteroatoms. The van der Waals surface area contributed by atoms with Gasteiger partial charge in [0.15, 0.2) is 0 Å². The Morgan fingerprint density at radius 2 is 1.67 bits per heavy atom. The first-order valence-corrected chi connectivity index (χ1v) is 2.18. The van der Waals surface area contributed by atoms with Gasteiger partial charge in [0.1, 0.15) is 0 Å². The molecule has 0 aromatic carbocycles. The molecule has 0 aliphatic carbocycles. The van der Waals surface area contributed by atoms with Crippen LogP contribution in [-0.4, -0.2) is 15.0 Å². The van der Waals surface area contributed by atoms with E-state index in [0.717, 1.165) is 0 Å². The van der Waals surface area contributed by atoms with E-state index in [1.165, 1.54) is 0 Å². The number of nitrogens with two attached hydrogens (primary N) is 2. The first-order chi connectivity index (χ1) is 4.18. The summed E-state index contributed by atoms with van der Waals surface area (Å²) in [6.07, 6.45) is 0. The molecule has 1 rings (SSSR count). The standard InChI is InChI=1S/C3H5N5O.3Na.3H/c4-1-6-2(5)8-3(9)7-1;;;;;;/h(H5,4,5,6,7,8,9);;;;;;/q;3*+1;3*-1. The molecule has 1 aromatic heterocycles. The Hall–Kier alpha value is 1.41. The summed E-state index contributed by atoms with van der Waals surface area (Å²) in [6, 6.07) is 0. The van der Waals surface area contributed by atoms with Crippen molar-refractivity contribution >= 4 is 11.9 Å². The van der Waals surface area contributed by atoms with Crippen LogP contribution in [-0.2, 0) is 0 Å². The van der Waals surface area contributed by atoms with Crippen molar-refractivity contribution in [3.8, 4) is 0 Å². The number of aromatic nitrogens is 3. The number of rotatable bonds is 0. The second kappa shape index (κ2) is 8.98. The fourth-order valence-corrected chi connectivity index (χ4v) is 0.418. The number of hydrogen-bond donors (Lipinski definition) is 3. The smallest absolute Gasteiger partial charge is 1.00 e. The van der Waals surface area contributed by atoms with Gasteiger partial charge in [-0.25, -0.2) is 4.79 Å². The molecule has 0 atom stereocenters. The second-order valence-electron chi connectivity index (χ2n) is 1.40. The SMILES string of the molecule is Nc1nc(N)[nH]c(=O)n1.[H-].[H-].[H-].[Na+].[Na+].[Na+]. The molecule has 1 aromatic rings. The number of nitrogens with one attached hydrogen (secondary N) is 1. The van der Waals surface area contributed by atoms with Crippen LogP contribution < -0.4 is 106 Å². The van der Waals surface area contributed by atoms with Crippen LogP contribution in [0, 0.1) is 0 Å². The molecule has 0 amide bonds. The molecule has 0 saturated heterocycles. The second-order valence-corrected chi connectivity index (χ2v) is 1.40.